The highest BCUT2D eigenvalue weighted by Gasteiger charge is 2.15. The van der Waals surface area contributed by atoms with Crippen molar-refractivity contribution in [2.24, 2.45) is 5.92 Å². The van der Waals surface area contributed by atoms with E-state index in [2.05, 4.69) is 0 Å². The molecule has 0 aliphatic rings. The molecular formula is C14H21NO3. The number of ether oxygens (including phenoxy) is 1. The van der Waals surface area contributed by atoms with E-state index in [0.29, 0.717) is 19.1 Å². The number of benzene rings is 1. The van der Waals surface area contributed by atoms with Gasteiger partial charge in [0.1, 0.15) is 0 Å². The Kier molecular flexibility index (Phi) is 6.22. The Labute approximate surface area is 108 Å². The van der Waals surface area contributed by atoms with Crippen LogP contribution in [0.5, 0.6) is 0 Å². The molecule has 0 bridgehead atoms. The second kappa shape index (κ2) is 7.71. The van der Waals surface area contributed by atoms with E-state index in [1.165, 1.54) is 4.90 Å². The molecule has 0 atom stereocenters. The van der Waals surface area contributed by atoms with Crippen molar-refractivity contribution in [3.63, 3.8) is 0 Å². The summed E-state index contributed by atoms with van der Waals surface area (Å²) < 4.78 is 5.17. The number of hydrogen-bond donors (Lipinski definition) is 1. The van der Waals surface area contributed by atoms with Gasteiger partial charge in [0, 0.05) is 13.1 Å². The fourth-order valence-corrected chi connectivity index (χ4v) is 1.49. The van der Waals surface area contributed by atoms with Crippen LogP contribution in [0, 0.1) is 5.92 Å². The summed E-state index contributed by atoms with van der Waals surface area (Å²) in [5, 5.41) is 8.99. The van der Waals surface area contributed by atoms with Gasteiger partial charge < -0.3 is 14.7 Å². The number of aliphatic hydroxyl groups excluding tert-OH is 1. The molecule has 0 radical (unpaired) electrons. The first-order valence-electron chi connectivity index (χ1n) is 6.20. The van der Waals surface area contributed by atoms with Gasteiger partial charge in [-0.2, -0.15) is 0 Å². The number of rotatable bonds is 6. The van der Waals surface area contributed by atoms with Crippen LogP contribution in [0.1, 0.15) is 19.4 Å². The molecule has 0 aliphatic heterocycles. The maximum absolute atomic E-state index is 11.8. The lowest BCUT2D eigenvalue weighted by Gasteiger charge is -2.21. The molecule has 1 N–H and O–H groups in total. The molecule has 0 saturated carbocycles. The van der Waals surface area contributed by atoms with Crippen LogP contribution in [-0.2, 0) is 11.3 Å². The van der Waals surface area contributed by atoms with Crippen molar-refractivity contribution in [1.82, 2.24) is 4.90 Å². The first-order valence-corrected chi connectivity index (χ1v) is 6.20. The minimum atomic E-state index is -0.374. The molecule has 0 aromatic heterocycles. The van der Waals surface area contributed by atoms with Crippen LogP contribution in [0.15, 0.2) is 30.3 Å². The summed E-state index contributed by atoms with van der Waals surface area (Å²) >= 11 is 0. The molecule has 1 aromatic rings. The van der Waals surface area contributed by atoms with Crippen LogP contribution in [0.3, 0.4) is 0 Å². The molecule has 1 rings (SSSR count). The molecule has 18 heavy (non-hydrogen) atoms. The van der Waals surface area contributed by atoms with Crippen LogP contribution in [0.4, 0.5) is 4.79 Å². The Hall–Kier alpha value is -1.55. The quantitative estimate of drug-likeness (QED) is 0.843. The fraction of sp³-hybridized carbons (Fsp3) is 0.500. The van der Waals surface area contributed by atoms with Gasteiger partial charge in [0.05, 0.1) is 13.2 Å². The van der Waals surface area contributed by atoms with Gasteiger partial charge in [-0.3, -0.25) is 0 Å². The number of carbonyl (C=O) groups excluding carboxylic acids is 1. The predicted molar refractivity (Wildman–Crippen MR) is 70.1 cm³/mol. The maximum atomic E-state index is 11.8. The van der Waals surface area contributed by atoms with Crippen molar-refractivity contribution in [3.05, 3.63) is 35.9 Å². The maximum Gasteiger partial charge on any atom is 0.410 e. The molecule has 1 amide bonds. The highest BCUT2D eigenvalue weighted by Crippen LogP contribution is 2.06. The predicted octanol–water partition coefficient (Wildman–Crippen LogP) is 2.27. The summed E-state index contributed by atoms with van der Waals surface area (Å²) in [4.78, 5) is 13.3. The van der Waals surface area contributed by atoms with E-state index in [4.69, 9.17) is 9.84 Å². The number of aliphatic hydroxyl groups is 1. The van der Waals surface area contributed by atoms with Gasteiger partial charge in [-0.25, -0.2) is 4.79 Å². The lowest BCUT2D eigenvalue weighted by Crippen LogP contribution is -2.34. The van der Waals surface area contributed by atoms with Gasteiger partial charge in [0.2, 0.25) is 0 Å². The highest BCUT2D eigenvalue weighted by atomic mass is 16.6. The lowest BCUT2D eigenvalue weighted by atomic mass is 10.2. The lowest BCUT2D eigenvalue weighted by molar-refractivity contribution is 0.0824. The summed E-state index contributed by atoms with van der Waals surface area (Å²) in [6.45, 7) is 5.05. The summed E-state index contributed by atoms with van der Waals surface area (Å²) in [5.41, 5.74) is 1.02. The molecule has 0 spiro atoms. The van der Waals surface area contributed by atoms with E-state index in [1.807, 2.05) is 44.2 Å². The van der Waals surface area contributed by atoms with Crippen LogP contribution in [0.2, 0.25) is 0 Å². The zero-order valence-corrected chi connectivity index (χ0v) is 11.0. The minimum Gasteiger partial charge on any atom is -0.449 e. The molecule has 1 aromatic carbocycles. The van der Waals surface area contributed by atoms with Crippen molar-refractivity contribution in [1.29, 1.82) is 0 Å². The minimum absolute atomic E-state index is 0.0659. The van der Waals surface area contributed by atoms with Gasteiger partial charge >= 0.3 is 6.09 Å². The number of nitrogens with zero attached hydrogens (tertiary/aromatic N) is 1. The Morgan fingerprint density at radius 1 is 1.33 bits per heavy atom. The topological polar surface area (TPSA) is 49.8 Å². The molecule has 0 aliphatic carbocycles. The average molecular weight is 251 g/mol. The van der Waals surface area contributed by atoms with E-state index in [9.17, 15) is 4.79 Å². The van der Waals surface area contributed by atoms with E-state index >= 15 is 0 Å². The van der Waals surface area contributed by atoms with Gasteiger partial charge in [-0.15, -0.1) is 0 Å². The van der Waals surface area contributed by atoms with Crippen LogP contribution in [-0.4, -0.2) is 35.9 Å². The third kappa shape index (κ3) is 5.19. The van der Waals surface area contributed by atoms with Gasteiger partial charge in [0.25, 0.3) is 0 Å². The summed E-state index contributed by atoms with van der Waals surface area (Å²) in [7, 11) is 0. The summed E-state index contributed by atoms with van der Waals surface area (Å²) in [6.07, 6.45) is -0.374. The number of amides is 1. The molecule has 0 heterocycles. The Bertz CT molecular complexity index is 351. The van der Waals surface area contributed by atoms with Crippen molar-refractivity contribution >= 4 is 6.09 Å². The van der Waals surface area contributed by atoms with Gasteiger partial charge in [-0.1, -0.05) is 44.2 Å². The molecule has 0 saturated heterocycles. The fourth-order valence-electron chi connectivity index (χ4n) is 1.49. The van der Waals surface area contributed by atoms with E-state index < -0.39 is 0 Å². The van der Waals surface area contributed by atoms with Gasteiger partial charge in [0.15, 0.2) is 0 Å². The van der Waals surface area contributed by atoms with Crippen LogP contribution < -0.4 is 0 Å². The van der Waals surface area contributed by atoms with Crippen molar-refractivity contribution < 1.29 is 14.6 Å². The third-order valence-electron chi connectivity index (χ3n) is 2.38. The first kappa shape index (κ1) is 14.5. The van der Waals surface area contributed by atoms with Crippen molar-refractivity contribution in [2.45, 2.75) is 20.4 Å². The average Bonchev–Trinajstić information content (AvgIpc) is 2.36. The molecular weight excluding hydrogens is 230 g/mol. The molecule has 4 nitrogen and oxygen atoms in total. The monoisotopic (exact) mass is 251 g/mol. The summed E-state index contributed by atoms with van der Waals surface area (Å²) in [5.74, 6) is 0.307. The van der Waals surface area contributed by atoms with E-state index in [1.54, 1.807) is 0 Å². The molecule has 4 heteroatoms. The second-order valence-electron chi connectivity index (χ2n) is 4.60. The van der Waals surface area contributed by atoms with Crippen molar-refractivity contribution in [2.75, 3.05) is 19.8 Å². The van der Waals surface area contributed by atoms with E-state index in [-0.39, 0.29) is 19.2 Å². The SMILES string of the molecule is CC(C)COC(=O)N(CCO)Cc1ccccc1. The second-order valence-corrected chi connectivity index (χ2v) is 4.60. The first-order chi connectivity index (χ1) is 8.63. The smallest absolute Gasteiger partial charge is 0.410 e. The van der Waals surface area contributed by atoms with Crippen LogP contribution >= 0.6 is 0 Å². The normalized spacial score (nSPS) is 10.4. The molecule has 0 unspecified atom stereocenters. The third-order valence-corrected chi connectivity index (χ3v) is 2.38. The largest absolute Gasteiger partial charge is 0.449 e. The zero-order valence-electron chi connectivity index (χ0n) is 11.0. The standard InChI is InChI=1S/C14H21NO3/c1-12(2)11-18-14(17)15(8-9-16)10-13-6-4-3-5-7-13/h3-7,12,16H,8-11H2,1-2H3. The number of carbonyl (C=O) groups is 1. The highest BCUT2D eigenvalue weighted by molar-refractivity contribution is 5.67. The van der Waals surface area contributed by atoms with Crippen LogP contribution in [0.25, 0.3) is 0 Å². The van der Waals surface area contributed by atoms with Gasteiger partial charge in [-0.05, 0) is 11.5 Å². The number of hydrogen-bond acceptors (Lipinski definition) is 3. The molecule has 0 fully saturated rings. The Balaban J connectivity index is 2.56. The zero-order chi connectivity index (χ0) is 13.4. The Morgan fingerprint density at radius 3 is 2.56 bits per heavy atom. The molecule has 100 valence electrons. The Morgan fingerprint density at radius 2 is 2.00 bits per heavy atom. The van der Waals surface area contributed by atoms with Crippen molar-refractivity contribution in [3.8, 4) is 0 Å². The van der Waals surface area contributed by atoms with E-state index in [0.717, 1.165) is 5.56 Å². The summed E-state index contributed by atoms with van der Waals surface area (Å²) in [6, 6.07) is 9.66.